The SMILES string of the molecule is C/C=C\c1ccc(-c2ccc(-c3ccc(OCCC)c(F)c3F)cc2)[se]1. The maximum absolute atomic E-state index is 14.4. The van der Waals surface area contributed by atoms with Crippen LogP contribution in [-0.2, 0) is 0 Å². The fourth-order valence-electron chi connectivity index (χ4n) is 2.65. The maximum atomic E-state index is 14.4. The van der Waals surface area contributed by atoms with E-state index in [4.69, 9.17) is 4.74 Å². The molecule has 0 bridgehead atoms. The zero-order valence-electron chi connectivity index (χ0n) is 14.8. The first-order valence-electron chi connectivity index (χ1n) is 8.58. The summed E-state index contributed by atoms with van der Waals surface area (Å²) in [4.78, 5) is 0. The summed E-state index contributed by atoms with van der Waals surface area (Å²) in [5, 5.41) is 0. The summed E-state index contributed by atoms with van der Waals surface area (Å²) in [7, 11) is 0. The van der Waals surface area contributed by atoms with Crippen LogP contribution in [0.2, 0.25) is 0 Å². The summed E-state index contributed by atoms with van der Waals surface area (Å²) in [6, 6.07) is 14.9. The molecule has 0 aliphatic rings. The van der Waals surface area contributed by atoms with E-state index in [0.29, 0.717) is 12.2 Å². The van der Waals surface area contributed by atoms with Gasteiger partial charge in [-0.25, -0.2) is 0 Å². The van der Waals surface area contributed by atoms with Gasteiger partial charge in [-0.3, -0.25) is 0 Å². The van der Waals surface area contributed by atoms with Crippen molar-refractivity contribution in [1.82, 2.24) is 0 Å². The third-order valence-corrected chi connectivity index (χ3v) is 6.25. The average molecular weight is 417 g/mol. The second-order valence-electron chi connectivity index (χ2n) is 5.87. The van der Waals surface area contributed by atoms with Crippen molar-refractivity contribution in [2.75, 3.05) is 6.61 Å². The molecule has 4 heteroatoms. The van der Waals surface area contributed by atoms with E-state index in [2.05, 4.69) is 18.2 Å². The molecule has 0 radical (unpaired) electrons. The van der Waals surface area contributed by atoms with Gasteiger partial charge in [0.2, 0.25) is 0 Å². The van der Waals surface area contributed by atoms with Gasteiger partial charge in [-0.1, -0.05) is 6.92 Å². The molecule has 1 aromatic heterocycles. The van der Waals surface area contributed by atoms with E-state index in [-0.39, 0.29) is 25.8 Å². The van der Waals surface area contributed by atoms with Gasteiger partial charge in [0, 0.05) is 0 Å². The van der Waals surface area contributed by atoms with Gasteiger partial charge in [-0.05, 0) is 0 Å². The number of benzene rings is 2. The van der Waals surface area contributed by atoms with E-state index in [0.717, 1.165) is 12.0 Å². The number of hydrogen-bond acceptors (Lipinski definition) is 1. The van der Waals surface area contributed by atoms with E-state index < -0.39 is 11.6 Å². The summed E-state index contributed by atoms with van der Waals surface area (Å²) in [6.07, 6.45) is 4.91. The van der Waals surface area contributed by atoms with Crippen LogP contribution in [0.3, 0.4) is 0 Å². The fourth-order valence-corrected chi connectivity index (χ4v) is 4.72. The Morgan fingerprint density at radius 3 is 2.35 bits per heavy atom. The van der Waals surface area contributed by atoms with Gasteiger partial charge >= 0.3 is 152 Å². The van der Waals surface area contributed by atoms with Crippen molar-refractivity contribution in [3.8, 4) is 26.9 Å². The van der Waals surface area contributed by atoms with Crippen molar-refractivity contribution in [3.05, 3.63) is 70.7 Å². The Morgan fingerprint density at radius 1 is 0.923 bits per heavy atom. The van der Waals surface area contributed by atoms with Crippen molar-refractivity contribution in [1.29, 1.82) is 0 Å². The molecule has 1 heterocycles. The van der Waals surface area contributed by atoms with Crippen molar-refractivity contribution in [2.45, 2.75) is 20.3 Å². The van der Waals surface area contributed by atoms with Crippen LogP contribution in [0.25, 0.3) is 27.2 Å². The quantitative estimate of drug-likeness (QED) is 0.436. The standard InChI is InChI=1S/C22H20F2OSe/c1-3-5-17-10-13-20(26-17)16-8-6-15(7-9-16)18-11-12-19(25-14-4-2)22(24)21(18)23/h3,5-13H,4,14H2,1-2H3/b5-3-. The molecule has 0 unspecified atom stereocenters. The first kappa shape index (κ1) is 18.6. The van der Waals surface area contributed by atoms with Crippen LogP contribution >= 0.6 is 0 Å². The van der Waals surface area contributed by atoms with E-state index >= 15 is 0 Å². The number of halogens is 2. The van der Waals surface area contributed by atoms with Crippen molar-refractivity contribution >= 4 is 20.6 Å². The van der Waals surface area contributed by atoms with Gasteiger partial charge in [0.25, 0.3) is 0 Å². The van der Waals surface area contributed by atoms with Gasteiger partial charge in [-0.2, -0.15) is 0 Å². The fraction of sp³-hybridized carbons (Fsp3) is 0.182. The molecule has 26 heavy (non-hydrogen) atoms. The molecule has 0 saturated heterocycles. The molecule has 134 valence electrons. The van der Waals surface area contributed by atoms with E-state index in [1.54, 1.807) is 6.07 Å². The molecule has 0 aliphatic carbocycles. The van der Waals surface area contributed by atoms with Crippen LogP contribution in [0.1, 0.15) is 24.7 Å². The minimum atomic E-state index is -0.929. The Balaban J connectivity index is 1.87. The number of allylic oxidation sites excluding steroid dienone is 1. The zero-order chi connectivity index (χ0) is 18.5. The summed E-state index contributed by atoms with van der Waals surface area (Å²) < 4.78 is 36.5. The summed E-state index contributed by atoms with van der Waals surface area (Å²) in [5.74, 6) is -1.83. The molecule has 0 fully saturated rings. The van der Waals surface area contributed by atoms with E-state index in [1.807, 2.05) is 44.2 Å². The van der Waals surface area contributed by atoms with E-state index in [1.165, 1.54) is 14.9 Å². The van der Waals surface area contributed by atoms with E-state index in [9.17, 15) is 8.78 Å². The van der Waals surface area contributed by atoms with Crippen molar-refractivity contribution in [3.63, 3.8) is 0 Å². The molecule has 3 rings (SSSR count). The molecule has 0 saturated carbocycles. The summed E-state index contributed by atoms with van der Waals surface area (Å²) in [5.41, 5.74) is 2.02. The minimum absolute atomic E-state index is 0.0360. The Morgan fingerprint density at radius 2 is 1.65 bits per heavy atom. The molecule has 0 amide bonds. The molecule has 0 aliphatic heterocycles. The second-order valence-corrected chi connectivity index (χ2v) is 8.21. The van der Waals surface area contributed by atoms with Crippen molar-refractivity contribution < 1.29 is 13.5 Å². The number of hydrogen-bond donors (Lipinski definition) is 0. The van der Waals surface area contributed by atoms with Gasteiger partial charge in [-0.15, -0.1) is 0 Å². The van der Waals surface area contributed by atoms with Crippen LogP contribution in [0.5, 0.6) is 5.75 Å². The zero-order valence-corrected chi connectivity index (χ0v) is 16.5. The normalized spacial score (nSPS) is 11.2. The molecular formula is C22H20F2OSe. The molecule has 3 aromatic rings. The van der Waals surface area contributed by atoms with Crippen LogP contribution < -0.4 is 4.74 Å². The first-order chi connectivity index (χ1) is 12.6. The second kappa shape index (κ2) is 8.48. The molecule has 2 aromatic carbocycles. The average Bonchev–Trinajstić information content (AvgIpc) is 3.12. The summed E-state index contributed by atoms with van der Waals surface area (Å²) >= 11 is 0.281. The molecule has 0 N–H and O–H groups in total. The van der Waals surface area contributed by atoms with Gasteiger partial charge in [0.1, 0.15) is 0 Å². The van der Waals surface area contributed by atoms with Crippen LogP contribution in [0.15, 0.2) is 54.6 Å². The Labute approximate surface area is 158 Å². The number of ether oxygens (including phenoxy) is 1. The van der Waals surface area contributed by atoms with Crippen LogP contribution in [0.4, 0.5) is 8.78 Å². The van der Waals surface area contributed by atoms with Gasteiger partial charge in [0.05, 0.1) is 0 Å². The third-order valence-electron chi connectivity index (χ3n) is 3.95. The van der Waals surface area contributed by atoms with Gasteiger partial charge in [0.15, 0.2) is 0 Å². The third kappa shape index (κ3) is 3.98. The summed E-state index contributed by atoms with van der Waals surface area (Å²) in [6.45, 7) is 4.29. The van der Waals surface area contributed by atoms with Gasteiger partial charge < -0.3 is 0 Å². The Kier molecular flexibility index (Phi) is 6.08. The predicted molar refractivity (Wildman–Crippen MR) is 105 cm³/mol. The molecular weight excluding hydrogens is 397 g/mol. The molecule has 0 atom stereocenters. The first-order valence-corrected chi connectivity index (χ1v) is 10.3. The van der Waals surface area contributed by atoms with Crippen LogP contribution in [0, 0.1) is 11.6 Å². The predicted octanol–water partition coefficient (Wildman–Crippen LogP) is 6.18. The Hall–Kier alpha value is -2.16. The molecule has 1 nitrogen and oxygen atoms in total. The number of rotatable bonds is 6. The monoisotopic (exact) mass is 418 g/mol. The van der Waals surface area contributed by atoms with Crippen LogP contribution in [-0.4, -0.2) is 21.1 Å². The van der Waals surface area contributed by atoms with Crippen molar-refractivity contribution in [2.24, 2.45) is 0 Å². The topological polar surface area (TPSA) is 9.23 Å². The molecule has 0 spiro atoms. The Bertz CT molecular complexity index is 910.